The van der Waals surface area contributed by atoms with Gasteiger partial charge < -0.3 is 10.1 Å². The van der Waals surface area contributed by atoms with Gasteiger partial charge in [-0.25, -0.2) is 0 Å². The van der Waals surface area contributed by atoms with Gasteiger partial charge in [-0.15, -0.1) is 0 Å². The van der Waals surface area contributed by atoms with Crippen LogP contribution in [0.4, 0.5) is 0 Å². The van der Waals surface area contributed by atoms with E-state index in [1.807, 2.05) is 24.3 Å². The van der Waals surface area contributed by atoms with Gasteiger partial charge in [-0.1, -0.05) is 34.1 Å². The summed E-state index contributed by atoms with van der Waals surface area (Å²) in [5, 5.41) is 5.77. The van der Waals surface area contributed by atoms with E-state index in [4.69, 9.17) is 4.74 Å². The van der Waals surface area contributed by atoms with Crippen molar-refractivity contribution in [1.82, 2.24) is 10.6 Å². The lowest BCUT2D eigenvalue weighted by Gasteiger charge is -2.09. The maximum absolute atomic E-state index is 11.9. The number of benzene rings is 1. The summed E-state index contributed by atoms with van der Waals surface area (Å²) in [6.07, 6.45) is 0. The molecule has 0 spiro atoms. The molecule has 6 heteroatoms. The van der Waals surface area contributed by atoms with Gasteiger partial charge in [0.2, 0.25) is 0 Å². The van der Waals surface area contributed by atoms with E-state index in [-0.39, 0.29) is 5.91 Å². The van der Waals surface area contributed by atoms with Crippen molar-refractivity contribution in [3.63, 3.8) is 0 Å². The molecule has 1 amide bonds. The molecule has 18 heavy (non-hydrogen) atoms. The van der Waals surface area contributed by atoms with E-state index < -0.39 is 6.04 Å². The monoisotopic (exact) mass is 311 g/mol. The third-order valence-electron chi connectivity index (χ3n) is 2.57. The summed E-state index contributed by atoms with van der Waals surface area (Å²) in [5.74, 6) is 0.399. The summed E-state index contributed by atoms with van der Waals surface area (Å²) >= 11 is 3.44. The third kappa shape index (κ3) is 2.88. The van der Waals surface area contributed by atoms with Gasteiger partial charge >= 0.3 is 0 Å². The second-order valence-electron chi connectivity index (χ2n) is 3.81. The van der Waals surface area contributed by atoms with Gasteiger partial charge in [-0.3, -0.25) is 15.1 Å². The molecule has 1 aromatic carbocycles. The molecule has 1 heterocycles. The van der Waals surface area contributed by atoms with E-state index in [0.29, 0.717) is 19.1 Å². The molecule has 0 aromatic heterocycles. The summed E-state index contributed by atoms with van der Waals surface area (Å²) in [4.78, 5) is 16.1. The Bertz CT molecular complexity index is 476. The smallest absolute Gasteiger partial charge is 0.253 e. The van der Waals surface area contributed by atoms with Crippen molar-refractivity contribution >= 4 is 27.8 Å². The predicted molar refractivity (Wildman–Crippen MR) is 72.3 cm³/mol. The number of ether oxygens (including phenoxy) is 1. The highest BCUT2D eigenvalue weighted by atomic mass is 79.9. The second kappa shape index (κ2) is 5.97. The van der Waals surface area contributed by atoms with Gasteiger partial charge in [0.25, 0.3) is 5.91 Å². The molecule has 1 atom stereocenters. The fourth-order valence-corrected chi connectivity index (χ4v) is 2.20. The zero-order valence-electron chi connectivity index (χ0n) is 9.94. The van der Waals surface area contributed by atoms with Crippen LogP contribution in [-0.2, 0) is 9.53 Å². The van der Waals surface area contributed by atoms with E-state index in [1.54, 1.807) is 7.11 Å². The second-order valence-corrected chi connectivity index (χ2v) is 4.67. The van der Waals surface area contributed by atoms with Gasteiger partial charge in [0.15, 0.2) is 5.96 Å². The lowest BCUT2D eigenvalue weighted by Crippen LogP contribution is -2.26. The Labute approximate surface area is 114 Å². The molecule has 0 bridgehead atoms. The van der Waals surface area contributed by atoms with Crippen LogP contribution < -0.4 is 10.6 Å². The Morgan fingerprint density at radius 3 is 2.94 bits per heavy atom. The number of amides is 1. The standard InChI is InChI=1S/C12H14BrN3O2/c1-18-7-6-14-12-15-10(11(17)16-12)8-4-2-3-5-9(8)13/h2-5,10H,6-7H2,1H3,(H2,14,15,16,17). The van der Waals surface area contributed by atoms with Crippen molar-refractivity contribution in [3.8, 4) is 0 Å². The van der Waals surface area contributed by atoms with E-state index >= 15 is 0 Å². The van der Waals surface area contributed by atoms with Crippen LogP contribution in [0.25, 0.3) is 0 Å². The Morgan fingerprint density at radius 1 is 1.44 bits per heavy atom. The number of carbonyl (C=O) groups excluding carboxylic acids is 1. The van der Waals surface area contributed by atoms with E-state index in [0.717, 1.165) is 10.0 Å². The molecule has 2 rings (SSSR count). The van der Waals surface area contributed by atoms with Crippen LogP contribution in [0.2, 0.25) is 0 Å². The zero-order chi connectivity index (χ0) is 13.0. The topological polar surface area (TPSA) is 62.7 Å². The molecular formula is C12H14BrN3O2. The molecule has 1 aliphatic heterocycles. The molecular weight excluding hydrogens is 298 g/mol. The molecule has 0 radical (unpaired) electrons. The quantitative estimate of drug-likeness (QED) is 0.822. The Morgan fingerprint density at radius 2 is 2.22 bits per heavy atom. The molecule has 1 saturated heterocycles. The molecule has 2 N–H and O–H groups in total. The first kappa shape index (κ1) is 13.0. The number of halogens is 1. The minimum absolute atomic E-state index is 0.0990. The van der Waals surface area contributed by atoms with Gasteiger partial charge in [-0.05, 0) is 11.6 Å². The average molecular weight is 312 g/mol. The number of hydrogen-bond acceptors (Lipinski definition) is 3. The predicted octanol–water partition coefficient (Wildman–Crippen LogP) is 1.21. The zero-order valence-corrected chi connectivity index (χ0v) is 11.5. The fourth-order valence-electron chi connectivity index (χ4n) is 1.69. The van der Waals surface area contributed by atoms with Crippen molar-refractivity contribution in [2.45, 2.75) is 6.04 Å². The third-order valence-corrected chi connectivity index (χ3v) is 3.29. The van der Waals surface area contributed by atoms with Crippen molar-refractivity contribution in [2.24, 2.45) is 4.99 Å². The van der Waals surface area contributed by atoms with Crippen LogP contribution in [0.3, 0.4) is 0 Å². The lowest BCUT2D eigenvalue weighted by atomic mass is 10.1. The number of guanidine groups is 1. The summed E-state index contributed by atoms with van der Waals surface area (Å²) < 4.78 is 5.80. The molecule has 1 fully saturated rings. The Hall–Kier alpha value is -1.40. The minimum atomic E-state index is -0.401. The Kier molecular flexibility index (Phi) is 4.33. The highest BCUT2D eigenvalue weighted by Gasteiger charge is 2.30. The Balaban J connectivity index is 2.10. The first-order valence-electron chi connectivity index (χ1n) is 5.57. The van der Waals surface area contributed by atoms with E-state index in [1.165, 1.54) is 0 Å². The van der Waals surface area contributed by atoms with Crippen LogP contribution in [0, 0.1) is 0 Å². The highest BCUT2D eigenvalue weighted by molar-refractivity contribution is 9.10. The van der Waals surface area contributed by atoms with E-state index in [9.17, 15) is 4.79 Å². The van der Waals surface area contributed by atoms with Crippen molar-refractivity contribution in [3.05, 3.63) is 34.3 Å². The number of nitrogens with one attached hydrogen (secondary N) is 2. The van der Waals surface area contributed by atoms with Crippen molar-refractivity contribution in [1.29, 1.82) is 0 Å². The largest absolute Gasteiger partial charge is 0.383 e. The maximum Gasteiger partial charge on any atom is 0.253 e. The van der Waals surface area contributed by atoms with E-state index in [2.05, 4.69) is 31.6 Å². The van der Waals surface area contributed by atoms with Crippen LogP contribution >= 0.6 is 15.9 Å². The number of hydrogen-bond donors (Lipinski definition) is 2. The molecule has 1 aliphatic rings. The van der Waals surface area contributed by atoms with Crippen LogP contribution in [0.1, 0.15) is 11.6 Å². The number of methoxy groups -OCH3 is 1. The number of rotatable bonds is 4. The van der Waals surface area contributed by atoms with Gasteiger partial charge in [0.05, 0.1) is 13.2 Å². The van der Waals surface area contributed by atoms with Crippen LogP contribution in [0.5, 0.6) is 0 Å². The van der Waals surface area contributed by atoms with Crippen LogP contribution in [0.15, 0.2) is 33.7 Å². The summed E-state index contributed by atoms with van der Waals surface area (Å²) in [5.41, 5.74) is 0.895. The summed E-state index contributed by atoms with van der Waals surface area (Å²) in [6.45, 7) is 1.04. The maximum atomic E-state index is 11.9. The molecule has 1 aromatic rings. The summed E-state index contributed by atoms with van der Waals surface area (Å²) in [7, 11) is 1.62. The molecule has 0 saturated carbocycles. The first-order valence-corrected chi connectivity index (χ1v) is 6.37. The number of aliphatic imine (C=N–C) groups is 1. The fraction of sp³-hybridized carbons (Fsp3) is 0.333. The first-order chi connectivity index (χ1) is 8.72. The van der Waals surface area contributed by atoms with Crippen molar-refractivity contribution in [2.75, 3.05) is 20.3 Å². The van der Waals surface area contributed by atoms with Gasteiger partial charge in [-0.2, -0.15) is 0 Å². The van der Waals surface area contributed by atoms with Crippen LogP contribution in [-0.4, -0.2) is 32.1 Å². The highest BCUT2D eigenvalue weighted by Crippen LogP contribution is 2.24. The normalized spacial score (nSPS) is 20.9. The number of carbonyl (C=O) groups is 1. The SMILES string of the molecule is COCCN=C1NC(=O)C(c2ccccc2Br)N1. The minimum Gasteiger partial charge on any atom is -0.383 e. The summed E-state index contributed by atoms with van der Waals surface area (Å²) in [6, 6.07) is 7.22. The number of nitrogens with zero attached hydrogens (tertiary/aromatic N) is 1. The van der Waals surface area contributed by atoms with Crippen molar-refractivity contribution < 1.29 is 9.53 Å². The molecule has 0 aliphatic carbocycles. The molecule has 5 nitrogen and oxygen atoms in total. The average Bonchev–Trinajstić information content (AvgIpc) is 2.71. The molecule has 96 valence electrons. The lowest BCUT2D eigenvalue weighted by molar-refractivity contribution is -0.120. The van der Waals surface area contributed by atoms with Gasteiger partial charge in [0.1, 0.15) is 6.04 Å². The molecule has 1 unspecified atom stereocenters. The van der Waals surface area contributed by atoms with Gasteiger partial charge in [0, 0.05) is 11.6 Å².